The van der Waals surface area contributed by atoms with Gasteiger partial charge >= 0.3 is 5.97 Å². The Bertz CT molecular complexity index is 831. The Morgan fingerprint density at radius 2 is 1.90 bits per heavy atom. The molecule has 1 heterocycles. The van der Waals surface area contributed by atoms with Crippen molar-refractivity contribution >= 4 is 5.97 Å². The molecule has 2 fully saturated rings. The van der Waals surface area contributed by atoms with E-state index in [9.17, 15) is 9.90 Å². The van der Waals surface area contributed by atoms with Crippen LogP contribution in [0.4, 0.5) is 0 Å². The third-order valence-electron chi connectivity index (χ3n) is 7.51. The van der Waals surface area contributed by atoms with E-state index < -0.39 is 5.41 Å². The van der Waals surface area contributed by atoms with E-state index in [1.54, 1.807) is 21.3 Å². The lowest BCUT2D eigenvalue weighted by Gasteiger charge is -2.52. The van der Waals surface area contributed by atoms with E-state index in [2.05, 4.69) is 13.8 Å². The van der Waals surface area contributed by atoms with Gasteiger partial charge in [-0.1, -0.05) is 27.2 Å². The zero-order valence-electron chi connectivity index (χ0n) is 18.2. The van der Waals surface area contributed by atoms with Crippen LogP contribution in [-0.2, 0) is 19.7 Å². The second-order valence-electron chi connectivity index (χ2n) is 9.40. The molecule has 1 saturated heterocycles. The summed E-state index contributed by atoms with van der Waals surface area (Å²) in [6, 6.07) is 2.03. The van der Waals surface area contributed by atoms with E-state index in [4.69, 9.17) is 18.9 Å². The Morgan fingerprint density at radius 1 is 1.21 bits per heavy atom. The predicted molar refractivity (Wildman–Crippen MR) is 107 cm³/mol. The minimum atomic E-state index is -0.754. The molecule has 1 aliphatic heterocycles. The van der Waals surface area contributed by atoms with Crippen molar-refractivity contribution in [3.63, 3.8) is 0 Å². The number of hydrogen-bond acceptors (Lipinski definition) is 6. The molecule has 160 valence electrons. The number of carbonyl (C=O) groups excluding carboxylic acids is 1. The van der Waals surface area contributed by atoms with Crippen LogP contribution in [0.3, 0.4) is 0 Å². The number of benzene rings is 1. The first kappa shape index (κ1) is 20.5. The van der Waals surface area contributed by atoms with Gasteiger partial charge in [0.25, 0.3) is 0 Å². The Labute approximate surface area is 172 Å². The van der Waals surface area contributed by atoms with Crippen LogP contribution >= 0.6 is 0 Å². The standard InChI is InChI=1S/C23H32O6/c1-12(11-24)13-10-14-15(18(28-6)16(13)26-4)23-9-7-8-22(2,3)20(23)19(17(14)27-5)29-21(23)25/h10,12,17,19-20,24H,7-9,11H2,1-6H3/t12-,17-,19+,20-,23-/m0/s1. The topological polar surface area (TPSA) is 74.2 Å². The van der Waals surface area contributed by atoms with Gasteiger partial charge in [-0.05, 0) is 29.9 Å². The van der Waals surface area contributed by atoms with Crippen molar-refractivity contribution in [3.8, 4) is 11.5 Å². The molecule has 29 heavy (non-hydrogen) atoms. The summed E-state index contributed by atoms with van der Waals surface area (Å²) in [7, 11) is 4.87. The van der Waals surface area contributed by atoms with Gasteiger partial charge in [0, 0.05) is 36.7 Å². The van der Waals surface area contributed by atoms with Crippen molar-refractivity contribution in [2.24, 2.45) is 11.3 Å². The lowest BCUT2D eigenvalue weighted by atomic mass is 9.49. The average molecular weight is 405 g/mol. The molecule has 4 rings (SSSR count). The summed E-state index contributed by atoms with van der Waals surface area (Å²) in [6.07, 6.45) is 2.01. The first-order valence-electron chi connectivity index (χ1n) is 10.4. The molecule has 0 unspecified atom stereocenters. The molecule has 5 atom stereocenters. The van der Waals surface area contributed by atoms with E-state index in [0.717, 1.165) is 36.0 Å². The molecule has 2 aliphatic carbocycles. The molecule has 1 aromatic carbocycles. The van der Waals surface area contributed by atoms with E-state index >= 15 is 0 Å². The molecular weight excluding hydrogens is 372 g/mol. The Balaban J connectivity index is 2.09. The number of fused-ring (bicyclic) bond motifs is 1. The zero-order chi connectivity index (χ0) is 21.1. The lowest BCUT2D eigenvalue weighted by molar-refractivity contribution is -0.149. The normalized spacial score (nSPS) is 32.8. The number of hydrogen-bond donors (Lipinski definition) is 1. The van der Waals surface area contributed by atoms with E-state index in [0.29, 0.717) is 11.5 Å². The predicted octanol–water partition coefficient (Wildman–Crippen LogP) is 3.49. The summed E-state index contributed by atoms with van der Waals surface area (Å²) in [6.45, 7) is 6.37. The highest BCUT2D eigenvalue weighted by Crippen LogP contribution is 2.67. The number of ether oxygens (including phenoxy) is 4. The minimum Gasteiger partial charge on any atom is -0.493 e. The molecule has 0 aromatic heterocycles. The quantitative estimate of drug-likeness (QED) is 0.758. The molecular formula is C23H32O6. The summed E-state index contributed by atoms with van der Waals surface area (Å²) in [4.78, 5) is 13.5. The van der Waals surface area contributed by atoms with Gasteiger partial charge in [0.15, 0.2) is 11.5 Å². The van der Waals surface area contributed by atoms with Gasteiger partial charge in [-0.2, -0.15) is 0 Å². The third-order valence-corrected chi connectivity index (χ3v) is 7.51. The monoisotopic (exact) mass is 404 g/mol. The molecule has 3 aliphatic rings. The second kappa shape index (κ2) is 6.88. The van der Waals surface area contributed by atoms with Crippen LogP contribution in [-0.4, -0.2) is 45.1 Å². The van der Waals surface area contributed by atoms with Crippen LogP contribution in [0.15, 0.2) is 6.07 Å². The number of methoxy groups -OCH3 is 3. The van der Waals surface area contributed by atoms with Gasteiger partial charge in [0.05, 0.1) is 14.2 Å². The third kappa shape index (κ3) is 2.51. The van der Waals surface area contributed by atoms with Gasteiger partial charge in [0.1, 0.15) is 17.6 Å². The van der Waals surface area contributed by atoms with Crippen molar-refractivity contribution < 1.29 is 28.8 Å². The van der Waals surface area contributed by atoms with E-state index in [-0.39, 0.29) is 42.0 Å². The Kier molecular flexibility index (Phi) is 4.86. The fraction of sp³-hybridized carbons (Fsp3) is 0.696. The van der Waals surface area contributed by atoms with Gasteiger partial charge in [-0.15, -0.1) is 0 Å². The SMILES string of the molecule is COc1c([C@@H](C)CO)cc2c(c1OC)[C@@]13CCCC(C)(C)[C@@H]1[C@H](OC3=O)[C@H]2OC. The number of rotatable bonds is 5. The number of aliphatic hydroxyl groups excluding tert-OH is 1. The van der Waals surface area contributed by atoms with Gasteiger partial charge < -0.3 is 24.1 Å². The Morgan fingerprint density at radius 3 is 2.48 bits per heavy atom. The fourth-order valence-electron chi connectivity index (χ4n) is 6.34. The first-order chi connectivity index (χ1) is 13.8. The highest BCUT2D eigenvalue weighted by Gasteiger charge is 2.70. The minimum absolute atomic E-state index is 0.00780. The molecule has 2 bridgehead atoms. The van der Waals surface area contributed by atoms with Crippen molar-refractivity contribution in [1.82, 2.24) is 0 Å². The molecule has 1 N–H and O–H groups in total. The van der Waals surface area contributed by atoms with Crippen LogP contribution in [0.5, 0.6) is 11.5 Å². The maximum atomic E-state index is 13.5. The fourth-order valence-corrected chi connectivity index (χ4v) is 6.34. The number of carbonyl (C=O) groups is 1. The van der Waals surface area contributed by atoms with Gasteiger partial charge in [-0.3, -0.25) is 4.79 Å². The maximum absolute atomic E-state index is 13.5. The highest BCUT2D eigenvalue weighted by molar-refractivity contribution is 5.90. The highest BCUT2D eigenvalue weighted by atomic mass is 16.6. The first-order valence-corrected chi connectivity index (χ1v) is 10.4. The maximum Gasteiger partial charge on any atom is 0.317 e. The van der Waals surface area contributed by atoms with Crippen LogP contribution in [0, 0.1) is 11.3 Å². The molecule has 0 amide bonds. The molecule has 1 saturated carbocycles. The van der Waals surface area contributed by atoms with Crippen LogP contribution < -0.4 is 9.47 Å². The summed E-state index contributed by atoms with van der Waals surface area (Å²) in [5.41, 5.74) is 1.80. The van der Waals surface area contributed by atoms with Gasteiger partial charge in [-0.25, -0.2) is 0 Å². The van der Waals surface area contributed by atoms with Crippen molar-refractivity contribution in [1.29, 1.82) is 0 Å². The summed E-state index contributed by atoms with van der Waals surface area (Å²) in [5, 5.41) is 9.81. The van der Waals surface area contributed by atoms with Crippen LogP contribution in [0.1, 0.15) is 68.7 Å². The zero-order valence-corrected chi connectivity index (χ0v) is 18.2. The summed E-state index contributed by atoms with van der Waals surface area (Å²) in [5.74, 6) is 0.839. The molecule has 6 heteroatoms. The van der Waals surface area contributed by atoms with Crippen molar-refractivity contribution in [2.45, 2.75) is 63.6 Å². The molecule has 1 aromatic rings. The lowest BCUT2D eigenvalue weighted by Crippen LogP contribution is -2.54. The van der Waals surface area contributed by atoms with Crippen LogP contribution in [0.2, 0.25) is 0 Å². The van der Waals surface area contributed by atoms with Crippen molar-refractivity contribution in [2.75, 3.05) is 27.9 Å². The average Bonchev–Trinajstić information content (AvgIpc) is 2.96. The number of aliphatic hydroxyl groups is 1. The van der Waals surface area contributed by atoms with E-state index in [1.807, 2.05) is 13.0 Å². The second-order valence-corrected chi connectivity index (χ2v) is 9.40. The summed E-state index contributed by atoms with van der Waals surface area (Å²) < 4.78 is 23.6. The smallest absolute Gasteiger partial charge is 0.317 e. The summed E-state index contributed by atoms with van der Waals surface area (Å²) >= 11 is 0. The Hall–Kier alpha value is -1.79. The molecule has 6 nitrogen and oxygen atoms in total. The molecule has 0 radical (unpaired) electrons. The van der Waals surface area contributed by atoms with E-state index in [1.165, 1.54) is 0 Å². The van der Waals surface area contributed by atoms with Gasteiger partial charge in [0.2, 0.25) is 0 Å². The van der Waals surface area contributed by atoms with Crippen LogP contribution in [0.25, 0.3) is 0 Å². The largest absolute Gasteiger partial charge is 0.493 e. The number of esters is 1. The molecule has 0 spiro atoms. The van der Waals surface area contributed by atoms with Crippen molar-refractivity contribution in [3.05, 3.63) is 22.8 Å².